The van der Waals surface area contributed by atoms with Crippen LogP contribution < -0.4 is 5.32 Å². The molecule has 3 rings (SSSR count). The minimum absolute atomic E-state index is 0.155. The van der Waals surface area contributed by atoms with Crippen molar-refractivity contribution >= 4 is 55.5 Å². The number of thiophene rings is 1. The van der Waals surface area contributed by atoms with Crippen LogP contribution in [0.2, 0.25) is 0 Å². The summed E-state index contributed by atoms with van der Waals surface area (Å²) in [7, 11) is -3.57. The normalized spacial score (nSPS) is 16.0. The number of benzene rings is 1. The van der Waals surface area contributed by atoms with Gasteiger partial charge in [0.25, 0.3) is 5.91 Å². The lowest BCUT2D eigenvalue weighted by Crippen LogP contribution is -2.40. The van der Waals surface area contributed by atoms with Crippen LogP contribution in [0, 0.1) is 3.57 Å². The third kappa shape index (κ3) is 3.97. The predicted octanol–water partition coefficient (Wildman–Crippen LogP) is 2.63. The zero-order valence-electron chi connectivity index (χ0n) is 12.6. The summed E-state index contributed by atoms with van der Waals surface area (Å²) in [6.45, 7) is 1.46. The number of ether oxygens (including phenoxy) is 1. The van der Waals surface area contributed by atoms with Crippen LogP contribution in [0.4, 0.5) is 5.69 Å². The molecule has 0 saturated carbocycles. The van der Waals surface area contributed by atoms with Crippen LogP contribution in [-0.2, 0) is 14.8 Å². The van der Waals surface area contributed by atoms with Gasteiger partial charge >= 0.3 is 0 Å². The number of carbonyl (C=O) groups excluding carboxylic acids is 1. The van der Waals surface area contributed by atoms with Crippen LogP contribution in [-0.4, -0.2) is 44.9 Å². The summed E-state index contributed by atoms with van der Waals surface area (Å²) in [4.78, 5) is 12.8. The third-order valence-corrected chi connectivity index (χ3v) is 7.18. The molecule has 0 aliphatic carbocycles. The van der Waals surface area contributed by atoms with Gasteiger partial charge in [-0.1, -0.05) is 0 Å². The van der Waals surface area contributed by atoms with Gasteiger partial charge in [-0.2, -0.15) is 4.31 Å². The Morgan fingerprint density at radius 3 is 2.54 bits per heavy atom. The van der Waals surface area contributed by atoms with Crippen LogP contribution in [0.15, 0.2) is 40.6 Å². The van der Waals surface area contributed by atoms with Crippen molar-refractivity contribution in [2.45, 2.75) is 4.90 Å². The number of nitrogens with zero attached hydrogens (tertiary/aromatic N) is 1. The predicted molar refractivity (Wildman–Crippen MR) is 101 cm³/mol. The Kier molecular flexibility index (Phi) is 5.55. The number of amides is 1. The number of sulfonamides is 1. The molecule has 1 aromatic carbocycles. The highest BCUT2D eigenvalue weighted by molar-refractivity contribution is 14.1. The number of halogens is 1. The molecular formula is C15H15IN2O4S2. The Morgan fingerprint density at radius 2 is 1.88 bits per heavy atom. The fraction of sp³-hybridized carbons (Fsp3) is 0.267. The van der Waals surface area contributed by atoms with Gasteiger partial charge in [0.2, 0.25) is 10.0 Å². The van der Waals surface area contributed by atoms with Crippen LogP contribution in [0.3, 0.4) is 0 Å². The molecule has 0 unspecified atom stereocenters. The number of hydrogen-bond acceptors (Lipinski definition) is 5. The Hall–Kier alpha value is -1.01. The van der Waals surface area contributed by atoms with Gasteiger partial charge in [0.15, 0.2) is 0 Å². The first-order valence-corrected chi connectivity index (χ1v) is 10.6. The van der Waals surface area contributed by atoms with E-state index in [0.717, 1.165) is 14.9 Å². The van der Waals surface area contributed by atoms with E-state index in [0.29, 0.717) is 36.9 Å². The minimum atomic E-state index is -3.57. The molecule has 24 heavy (non-hydrogen) atoms. The monoisotopic (exact) mass is 478 g/mol. The zero-order valence-corrected chi connectivity index (χ0v) is 16.4. The molecule has 6 nitrogen and oxygen atoms in total. The standard InChI is InChI=1S/C15H15IN2O4S2/c16-11-1-3-12(4-2-11)17-15(19)14-9-13(10-23-14)24(20,21)18-5-7-22-8-6-18/h1-4,9-10H,5-8H2,(H,17,19). The average molecular weight is 478 g/mol. The number of nitrogens with one attached hydrogen (secondary N) is 1. The van der Waals surface area contributed by atoms with Gasteiger partial charge in [-0.05, 0) is 52.9 Å². The lowest BCUT2D eigenvalue weighted by Gasteiger charge is -2.25. The summed E-state index contributed by atoms with van der Waals surface area (Å²) in [6.07, 6.45) is 0. The minimum Gasteiger partial charge on any atom is -0.379 e. The highest BCUT2D eigenvalue weighted by Gasteiger charge is 2.28. The van der Waals surface area contributed by atoms with E-state index in [1.807, 2.05) is 12.1 Å². The summed E-state index contributed by atoms with van der Waals surface area (Å²) in [5.41, 5.74) is 0.673. The second-order valence-electron chi connectivity index (χ2n) is 5.12. The molecule has 1 saturated heterocycles. The van der Waals surface area contributed by atoms with Crippen molar-refractivity contribution in [3.8, 4) is 0 Å². The first-order valence-electron chi connectivity index (χ1n) is 7.20. The number of anilines is 1. The number of hydrogen-bond donors (Lipinski definition) is 1. The Balaban J connectivity index is 1.74. The molecule has 1 N–H and O–H groups in total. The molecule has 1 amide bonds. The molecule has 128 valence electrons. The molecule has 1 fully saturated rings. The van der Waals surface area contributed by atoms with Crippen molar-refractivity contribution in [1.82, 2.24) is 4.31 Å². The summed E-state index contributed by atoms with van der Waals surface area (Å²) < 4.78 is 32.8. The molecule has 0 spiro atoms. The van der Waals surface area contributed by atoms with E-state index >= 15 is 0 Å². The zero-order chi connectivity index (χ0) is 17.2. The maximum Gasteiger partial charge on any atom is 0.265 e. The SMILES string of the molecule is O=C(Nc1ccc(I)cc1)c1cc(S(=O)(=O)N2CCOCC2)cs1. The highest BCUT2D eigenvalue weighted by atomic mass is 127. The largest absolute Gasteiger partial charge is 0.379 e. The van der Waals surface area contributed by atoms with Crippen molar-refractivity contribution in [1.29, 1.82) is 0 Å². The maximum atomic E-state index is 12.6. The Bertz CT molecular complexity index is 827. The van der Waals surface area contributed by atoms with E-state index in [-0.39, 0.29) is 10.8 Å². The Labute approximate surface area is 158 Å². The van der Waals surface area contributed by atoms with Crippen molar-refractivity contribution in [2.75, 3.05) is 31.6 Å². The summed E-state index contributed by atoms with van der Waals surface area (Å²) in [5, 5.41) is 4.28. The second kappa shape index (κ2) is 7.48. The lowest BCUT2D eigenvalue weighted by molar-refractivity contribution is 0.0730. The van der Waals surface area contributed by atoms with Crippen LogP contribution in [0.5, 0.6) is 0 Å². The number of carbonyl (C=O) groups is 1. The van der Waals surface area contributed by atoms with Crippen LogP contribution in [0.1, 0.15) is 9.67 Å². The molecule has 0 radical (unpaired) electrons. The summed E-state index contributed by atoms with van der Waals surface area (Å²) in [6, 6.07) is 8.81. The molecule has 0 atom stereocenters. The van der Waals surface area contributed by atoms with Crippen molar-refractivity contribution < 1.29 is 17.9 Å². The fourth-order valence-corrected chi connectivity index (χ4v) is 5.16. The quantitative estimate of drug-likeness (QED) is 0.686. The average Bonchev–Trinajstić information content (AvgIpc) is 3.09. The highest BCUT2D eigenvalue weighted by Crippen LogP contribution is 2.24. The molecular weight excluding hydrogens is 463 g/mol. The van der Waals surface area contributed by atoms with Crippen LogP contribution >= 0.6 is 33.9 Å². The fourth-order valence-electron chi connectivity index (χ4n) is 2.24. The van der Waals surface area contributed by atoms with E-state index in [2.05, 4.69) is 27.9 Å². The van der Waals surface area contributed by atoms with Gasteiger partial charge in [0, 0.05) is 27.7 Å². The van der Waals surface area contributed by atoms with E-state index in [1.54, 1.807) is 12.1 Å². The smallest absolute Gasteiger partial charge is 0.265 e. The Morgan fingerprint density at radius 1 is 1.21 bits per heavy atom. The molecule has 1 aliphatic rings. The van der Waals surface area contributed by atoms with Crippen molar-refractivity contribution in [2.24, 2.45) is 0 Å². The van der Waals surface area contributed by atoms with Gasteiger partial charge < -0.3 is 10.1 Å². The number of morpholine rings is 1. The third-order valence-electron chi connectivity index (χ3n) is 3.51. The van der Waals surface area contributed by atoms with Gasteiger partial charge in [0.05, 0.1) is 23.0 Å². The first-order chi connectivity index (χ1) is 11.5. The van der Waals surface area contributed by atoms with Gasteiger partial charge in [0.1, 0.15) is 0 Å². The summed E-state index contributed by atoms with van der Waals surface area (Å²) >= 11 is 3.30. The van der Waals surface area contributed by atoms with Crippen LogP contribution in [0.25, 0.3) is 0 Å². The van der Waals surface area contributed by atoms with E-state index in [9.17, 15) is 13.2 Å². The van der Waals surface area contributed by atoms with Gasteiger partial charge in [-0.25, -0.2) is 8.42 Å². The molecule has 1 aliphatic heterocycles. The van der Waals surface area contributed by atoms with Gasteiger partial charge in [-0.3, -0.25) is 4.79 Å². The van der Waals surface area contributed by atoms with E-state index in [4.69, 9.17) is 4.74 Å². The first kappa shape index (κ1) is 17.8. The van der Waals surface area contributed by atoms with Gasteiger partial charge in [-0.15, -0.1) is 11.3 Å². The van der Waals surface area contributed by atoms with E-state index in [1.165, 1.54) is 15.8 Å². The molecule has 1 aromatic heterocycles. The second-order valence-corrected chi connectivity index (χ2v) is 9.22. The maximum absolute atomic E-state index is 12.6. The van der Waals surface area contributed by atoms with Crippen molar-refractivity contribution in [3.63, 3.8) is 0 Å². The topological polar surface area (TPSA) is 75.7 Å². The van der Waals surface area contributed by atoms with Crippen molar-refractivity contribution in [3.05, 3.63) is 44.2 Å². The van der Waals surface area contributed by atoms with E-state index < -0.39 is 10.0 Å². The molecule has 0 bridgehead atoms. The summed E-state index contributed by atoms with van der Waals surface area (Å²) in [5.74, 6) is -0.315. The lowest BCUT2D eigenvalue weighted by atomic mass is 10.3. The number of rotatable bonds is 4. The molecule has 9 heteroatoms. The molecule has 2 aromatic rings. The molecule has 2 heterocycles.